The summed E-state index contributed by atoms with van der Waals surface area (Å²) in [4.78, 5) is 14.1. The molecule has 2 aliphatic rings. The molecule has 1 unspecified atom stereocenters. The molecule has 96 valence electrons. The van der Waals surface area contributed by atoms with Gasteiger partial charge in [-0.05, 0) is 49.1 Å². The van der Waals surface area contributed by atoms with Gasteiger partial charge in [-0.3, -0.25) is 4.90 Å². The Morgan fingerprint density at radius 2 is 2.22 bits per heavy atom. The number of hydrogen-bond donors (Lipinski definition) is 0. The minimum absolute atomic E-state index is 0.233. The van der Waals surface area contributed by atoms with E-state index in [1.165, 1.54) is 44.0 Å². The zero-order valence-corrected chi connectivity index (χ0v) is 10.8. The van der Waals surface area contributed by atoms with Crippen LogP contribution in [-0.4, -0.2) is 31.1 Å². The highest BCUT2D eigenvalue weighted by molar-refractivity contribution is 5.89. The molecule has 0 radical (unpaired) electrons. The number of carbonyl (C=O) groups is 1. The van der Waals surface area contributed by atoms with Crippen LogP contribution in [-0.2, 0) is 11.2 Å². The van der Waals surface area contributed by atoms with E-state index < -0.39 is 0 Å². The number of carbonyl (C=O) groups excluding carboxylic acids is 1. The van der Waals surface area contributed by atoms with E-state index in [2.05, 4.69) is 11.0 Å². The van der Waals surface area contributed by atoms with Crippen LogP contribution in [0.1, 0.15) is 46.8 Å². The third-order valence-corrected chi connectivity index (χ3v) is 4.21. The highest BCUT2D eigenvalue weighted by Gasteiger charge is 2.29. The van der Waals surface area contributed by atoms with E-state index in [1.807, 2.05) is 12.1 Å². The molecule has 0 aromatic heterocycles. The molecule has 2 aliphatic heterocycles. The van der Waals surface area contributed by atoms with Crippen molar-refractivity contribution in [2.45, 2.75) is 31.7 Å². The van der Waals surface area contributed by atoms with E-state index in [1.54, 1.807) is 0 Å². The first kappa shape index (κ1) is 11.7. The van der Waals surface area contributed by atoms with Gasteiger partial charge in [0.05, 0.1) is 12.7 Å². The van der Waals surface area contributed by atoms with Crippen molar-refractivity contribution in [3.8, 4) is 0 Å². The van der Waals surface area contributed by atoms with Crippen LogP contribution in [0.5, 0.6) is 0 Å². The molecule has 0 N–H and O–H groups in total. The summed E-state index contributed by atoms with van der Waals surface area (Å²) in [7, 11) is 1.44. The van der Waals surface area contributed by atoms with Gasteiger partial charge in [-0.2, -0.15) is 0 Å². The SMILES string of the molecule is COC(=O)c1ccc2c(c1)CCN1CCCCC21. The van der Waals surface area contributed by atoms with E-state index in [9.17, 15) is 4.79 Å². The normalized spacial score (nSPS) is 23.1. The number of methoxy groups -OCH3 is 1. The highest BCUT2D eigenvalue weighted by Crippen LogP contribution is 2.36. The van der Waals surface area contributed by atoms with Crippen molar-refractivity contribution in [1.82, 2.24) is 4.90 Å². The van der Waals surface area contributed by atoms with Crippen molar-refractivity contribution in [3.63, 3.8) is 0 Å². The first-order valence-corrected chi connectivity index (χ1v) is 6.75. The molecule has 0 spiro atoms. The van der Waals surface area contributed by atoms with E-state index in [0.717, 1.165) is 13.0 Å². The summed E-state index contributed by atoms with van der Waals surface area (Å²) in [5.41, 5.74) is 3.44. The quantitative estimate of drug-likeness (QED) is 0.712. The fourth-order valence-corrected chi connectivity index (χ4v) is 3.27. The fraction of sp³-hybridized carbons (Fsp3) is 0.533. The van der Waals surface area contributed by atoms with Gasteiger partial charge in [0.15, 0.2) is 0 Å². The van der Waals surface area contributed by atoms with Crippen LogP contribution in [0.2, 0.25) is 0 Å². The molecule has 1 fully saturated rings. The first-order chi connectivity index (χ1) is 8.79. The van der Waals surface area contributed by atoms with Gasteiger partial charge < -0.3 is 4.74 Å². The van der Waals surface area contributed by atoms with Crippen LogP contribution in [0.3, 0.4) is 0 Å². The Morgan fingerprint density at radius 1 is 1.33 bits per heavy atom. The predicted molar refractivity (Wildman–Crippen MR) is 69.7 cm³/mol. The lowest BCUT2D eigenvalue weighted by Gasteiger charge is -2.40. The number of hydrogen-bond acceptors (Lipinski definition) is 3. The minimum atomic E-state index is -0.233. The number of nitrogens with zero attached hydrogens (tertiary/aromatic N) is 1. The standard InChI is InChI=1S/C15H19NO2/c1-18-15(17)12-5-6-13-11(10-12)7-9-16-8-3-2-4-14(13)16/h5-6,10,14H,2-4,7-9H2,1H3. The van der Waals surface area contributed by atoms with Gasteiger partial charge in [-0.15, -0.1) is 0 Å². The predicted octanol–water partition coefficient (Wildman–Crippen LogP) is 2.56. The molecule has 0 aliphatic carbocycles. The van der Waals surface area contributed by atoms with Crippen molar-refractivity contribution in [3.05, 3.63) is 34.9 Å². The molecule has 3 nitrogen and oxygen atoms in total. The van der Waals surface area contributed by atoms with Crippen LogP contribution in [0.4, 0.5) is 0 Å². The Labute approximate surface area is 108 Å². The molecule has 0 saturated carbocycles. The van der Waals surface area contributed by atoms with Crippen molar-refractivity contribution in [2.75, 3.05) is 20.2 Å². The summed E-state index contributed by atoms with van der Waals surface area (Å²) in [6.45, 7) is 2.35. The monoisotopic (exact) mass is 245 g/mol. The summed E-state index contributed by atoms with van der Waals surface area (Å²) in [5, 5.41) is 0. The van der Waals surface area contributed by atoms with Crippen LogP contribution < -0.4 is 0 Å². The molecule has 3 heteroatoms. The van der Waals surface area contributed by atoms with Crippen LogP contribution in [0.15, 0.2) is 18.2 Å². The van der Waals surface area contributed by atoms with E-state index >= 15 is 0 Å². The number of benzene rings is 1. The van der Waals surface area contributed by atoms with Crippen LogP contribution in [0, 0.1) is 0 Å². The number of fused-ring (bicyclic) bond motifs is 3. The summed E-state index contributed by atoms with van der Waals surface area (Å²) in [6, 6.07) is 6.63. The lowest BCUT2D eigenvalue weighted by molar-refractivity contribution is 0.0600. The van der Waals surface area contributed by atoms with Crippen molar-refractivity contribution >= 4 is 5.97 Å². The Morgan fingerprint density at radius 3 is 3.06 bits per heavy atom. The smallest absolute Gasteiger partial charge is 0.337 e. The van der Waals surface area contributed by atoms with Crippen molar-refractivity contribution in [1.29, 1.82) is 0 Å². The molecule has 2 heterocycles. The van der Waals surface area contributed by atoms with Gasteiger partial charge in [-0.25, -0.2) is 4.79 Å². The zero-order chi connectivity index (χ0) is 12.5. The molecule has 1 aromatic carbocycles. The van der Waals surface area contributed by atoms with Gasteiger partial charge in [-0.1, -0.05) is 12.5 Å². The largest absolute Gasteiger partial charge is 0.465 e. The number of ether oxygens (including phenoxy) is 1. The van der Waals surface area contributed by atoms with Gasteiger partial charge in [0.25, 0.3) is 0 Å². The summed E-state index contributed by atoms with van der Waals surface area (Å²) in [5.74, 6) is -0.233. The Kier molecular flexibility index (Phi) is 3.08. The molecule has 0 bridgehead atoms. The number of esters is 1. The third kappa shape index (κ3) is 1.93. The Balaban J connectivity index is 1.93. The third-order valence-electron chi connectivity index (χ3n) is 4.21. The van der Waals surface area contributed by atoms with E-state index in [-0.39, 0.29) is 5.97 Å². The molecule has 1 atom stereocenters. The average Bonchev–Trinajstić information content (AvgIpc) is 2.45. The average molecular weight is 245 g/mol. The maximum absolute atomic E-state index is 11.5. The Bertz CT molecular complexity index is 470. The van der Waals surface area contributed by atoms with Gasteiger partial charge >= 0.3 is 5.97 Å². The molecule has 1 saturated heterocycles. The number of piperidine rings is 1. The van der Waals surface area contributed by atoms with Gasteiger partial charge in [0, 0.05) is 12.6 Å². The first-order valence-electron chi connectivity index (χ1n) is 6.75. The molecule has 3 rings (SSSR count). The summed E-state index contributed by atoms with van der Waals surface area (Å²) < 4.78 is 4.78. The van der Waals surface area contributed by atoms with Crippen molar-refractivity contribution in [2.24, 2.45) is 0 Å². The maximum Gasteiger partial charge on any atom is 0.337 e. The summed E-state index contributed by atoms with van der Waals surface area (Å²) in [6.07, 6.45) is 4.95. The molecular weight excluding hydrogens is 226 g/mol. The lowest BCUT2D eigenvalue weighted by Crippen LogP contribution is -2.38. The van der Waals surface area contributed by atoms with E-state index in [0.29, 0.717) is 11.6 Å². The topological polar surface area (TPSA) is 29.5 Å². The lowest BCUT2D eigenvalue weighted by atomic mass is 9.86. The highest BCUT2D eigenvalue weighted by atomic mass is 16.5. The van der Waals surface area contributed by atoms with E-state index in [4.69, 9.17) is 4.74 Å². The van der Waals surface area contributed by atoms with Crippen molar-refractivity contribution < 1.29 is 9.53 Å². The Hall–Kier alpha value is -1.35. The van der Waals surface area contributed by atoms with Gasteiger partial charge in [0.2, 0.25) is 0 Å². The fourth-order valence-electron chi connectivity index (χ4n) is 3.27. The second-order valence-electron chi connectivity index (χ2n) is 5.20. The molecule has 0 amide bonds. The zero-order valence-electron chi connectivity index (χ0n) is 10.8. The van der Waals surface area contributed by atoms with Crippen LogP contribution in [0.25, 0.3) is 0 Å². The van der Waals surface area contributed by atoms with Crippen LogP contribution >= 0.6 is 0 Å². The second-order valence-corrected chi connectivity index (χ2v) is 5.20. The molecular formula is C15H19NO2. The summed E-state index contributed by atoms with van der Waals surface area (Å²) >= 11 is 0. The van der Waals surface area contributed by atoms with Gasteiger partial charge in [0.1, 0.15) is 0 Å². The molecule has 1 aromatic rings. The molecule has 18 heavy (non-hydrogen) atoms. The number of rotatable bonds is 1. The maximum atomic E-state index is 11.5. The second kappa shape index (κ2) is 4.73. The minimum Gasteiger partial charge on any atom is -0.465 e.